The summed E-state index contributed by atoms with van der Waals surface area (Å²) in [5, 5.41) is 26.2. The summed E-state index contributed by atoms with van der Waals surface area (Å²) in [6.45, 7) is 1.81. The molecule has 0 aromatic heterocycles. The van der Waals surface area contributed by atoms with E-state index in [0.29, 0.717) is 6.61 Å². The van der Waals surface area contributed by atoms with Crippen LogP contribution in [0.3, 0.4) is 0 Å². The van der Waals surface area contributed by atoms with Gasteiger partial charge in [-0.3, -0.25) is 0 Å². The first kappa shape index (κ1) is 16.9. The van der Waals surface area contributed by atoms with Crippen molar-refractivity contribution in [1.82, 2.24) is 0 Å². The monoisotopic (exact) mass is 270 g/mol. The van der Waals surface area contributed by atoms with Gasteiger partial charge < -0.3 is 33.0 Å². The summed E-state index contributed by atoms with van der Waals surface area (Å²) in [5.74, 6) is 0. The maximum atomic E-state index is 8.74. The molecular formula is C9H22O7Si. The van der Waals surface area contributed by atoms with Gasteiger partial charge in [0.05, 0.1) is 39.6 Å². The third kappa shape index (κ3) is 7.79. The standard InChI is InChI=1S/C9H22O7Si/c1-2-6-13-17(14-7-3-10,15-8-4-11)16-9-5-12/h10-12H,2-9H2,1H3. The minimum atomic E-state index is -3.36. The molecule has 7 nitrogen and oxygen atoms in total. The van der Waals surface area contributed by atoms with Crippen LogP contribution in [0.15, 0.2) is 0 Å². The number of hydrogen-bond donors (Lipinski definition) is 3. The third-order valence-electron chi connectivity index (χ3n) is 1.59. The molecule has 0 rings (SSSR count). The second-order valence-corrected chi connectivity index (χ2v) is 5.22. The van der Waals surface area contributed by atoms with Crippen molar-refractivity contribution in [2.75, 3.05) is 46.2 Å². The molecule has 0 amide bonds. The van der Waals surface area contributed by atoms with Crippen LogP contribution < -0.4 is 0 Å². The largest absolute Gasteiger partial charge is 0.679 e. The molecule has 104 valence electrons. The molecule has 0 fully saturated rings. The predicted molar refractivity (Wildman–Crippen MR) is 61.1 cm³/mol. The summed E-state index contributed by atoms with van der Waals surface area (Å²) in [7, 11) is -3.36. The Labute approximate surface area is 102 Å². The van der Waals surface area contributed by atoms with Gasteiger partial charge in [-0.05, 0) is 6.42 Å². The van der Waals surface area contributed by atoms with Crippen molar-refractivity contribution >= 4 is 9.05 Å². The highest BCUT2D eigenvalue weighted by Crippen LogP contribution is 2.12. The lowest BCUT2D eigenvalue weighted by Gasteiger charge is -2.27. The Balaban J connectivity index is 4.39. The fourth-order valence-corrected chi connectivity index (χ4v) is 2.97. The van der Waals surface area contributed by atoms with Crippen LogP contribution >= 0.6 is 0 Å². The number of rotatable bonds is 12. The van der Waals surface area contributed by atoms with Crippen LogP contribution in [-0.4, -0.2) is 70.6 Å². The van der Waals surface area contributed by atoms with E-state index >= 15 is 0 Å². The molecule has 0 aliphatic carbocycles. The van der Waals surface area contributed by atoms with Gasteiger partial charge >= 0.3 is 9.05 Å². The van der Waals surface area contributed by atoms with Crippen LogP contribution in [0.5, 0.6) is 0 Å². The van der Waals surface area contributed by atoms with E-state index in [0.717, 1.165) is 6.42 Å². The summed E-state index contributed by atoms with van der Waals surface area (Å²) in [6.07, 6.45) is 0.752. The third-order valence-corrected chi connectivity index (χ3v) is 3.82. The molecule has 8 heteroatoms. The van der Waals surface area contributed by atoms with Crippen molar-refractivity contribution in [2.24, 2.45) is 0 Å². The lowest BCUT2D eigenvalue weighted by atomic mass is 10.5. The Kier molecular flexibility index (Phi) is 11.0. The molecule has 17 heavy (non-hydrogen) atoms. The predicted octanol–water partition coefficient (Wildman–Crippen LogP) is -1.12. The number of hydrogen-bond acceptors (Lipinski definition) is 7. The Bertz CT molecular complexity index is 132. The fourth-order valence-electron chi connectivity index (χ4n) is 0.989. The Morgan fingerprint density at radius 1 is 0.706 bits per heavy atom. The van der Waals surface area contributed by atoms with E-state index in [2.05, 4.69) is 0 Å². The van der Waals surface area contributed by atoms with Crippen molar-refractivity contribution in [1.29, 1.82) is 0 Å². The second kappa shape index (κ2) is 11.1. The molecule has 0 spiro atoms. The van der Waals surface area contributed by atoms with Crippen LogP contribution in [-0.2, 0) is 17.7 Å². The van der Waals surface area contributed by atoms with E-state index in [1.165, 1.54) is 0 Å². The maximum absolute atomic E-state index is 8.74. The van der Waals surface area contributed by atoms with Crippen molar-refractivity contribution in [3.05, 3.63) is 0 Å². The quantitative estimate of drug-likeness (QED) is 0.386. The molecule has 0 aromatic carbocycles. The maximum Gasteiger partial charge on any atom is 0.679 e. The average Bonchev–Trinajstić information content (AvgIpc) is 2.37. The van der Waals surface area contributed by atoms with Gasteiger partial charge in [-0.1, -0.05) is 6.92 Å². The average molecular weight is 270 g/mol. The minimum absolute atomic E-state index is 0.0206. The highest BCUT2D eigenvalue weighted by molar-refractivity contribution is 6.53. The molecular weight excluding hydrogens is 248 g/mol. The normalized spacial score (nSPS) is 12.0. The second-order valence-electron chi connectivity index (χ2n) is 3.06. The zero-order valence-electron chi connectivity index (χ0n) is 10.1. The zero-order chi connectivity index (χ0) is 13.0. The fraction of sp³-hybridized carbons (Fsp3) is 1.00. The summed E-state index contributed by atoms with van der Waals surface area (Å²) in [6, 6.07) is 0. The van der Waals surface area contributed by atoms with E-state index in [1.807, 2.05) is 6.92 Å². The van der Waals surface area contributed by atoms with Gasteiger partial charge in [-0.2, -0.15) is 0 Å². The van der Waals surface area contributed by atoms with E-state index in [9.17, 15) is 0 Å². The van der Waals surface area contributed by atoms with Gasteiger partial charge in [-0.15, -0.1) is 0 Å². The molecule has 0 bridgehead atoms. The van der Waals surface area contributed by atoms with E-state index < -0.39 is 9.05 Å². The van der Waals surface area contributed by atoms with Gasteiger partial charge in [-0.25, -0.2) is 0 Å². The van der Waals surface area contributed by atoms with Gasteiger partial charge in [0, 0.05) is 6.61 Å². The highest BCUT2D eigenvalue weighted by atomic mass is 28.4. The molecule has 0 atom stereocenters. The number of aliphatic hydroxyl groups is 3. The van der Waals surface area contributed by atoms with E-state index in [4.69, 9.17) is 33.0 Å². The summed E-state index contributed by atoms with van der Waals surface area (Å²) in [4.78, 5) is 0. The minimum Gasteiger partial charge on any atom is -0.394 e. The summed E-state index contributed by atoms with van der Waals surface area (Å²) in [5.41, 5.74) is 0. The van der Waals surface area contributed by atoms with Crippen LogP contribution in [0.1, 0.15) is 13.3 Å². The van der Waals surface area contributed by atoms with Gasteiger partial charge in [0.2, 0.25) is 0 Å². The first-order valence-electron chi connectivity index (χ1n) is 5.63. The Hall–Kier alpha value is -0.0631. The molecule has 0 radical (unpaired) electrons. The SMILES string of the molecule is CCCO[Si](OCCO)(OCCO)OCCO. The van der Waals surface area contributed by atoms with Crippen molar-refractivity contribution < 1.29 is 33.0 Å². The molecule has 0 aliphatic heterocycles. The van der Waals surface area contributed by atoms with Crippen LogP contribution in [0.2, 0.25) is 0 Å². The Morgan fingerprint density at radius 2 is 1.06 bits per heavy atom. The first-order valence-corrected chi connectivity index (χ1v) is 7.26. The molecule has 0 heterocycles. The van der Waals surface area contributed by atoms with Gasteiger partial charge in [0.1, 0.15) is 0 Å². The molecule has 0 aliphatic rings. The zero-order valence-corrected chi connectivity index (χ0v) is 11.1. The molecule has 0 saturated heterocycles. The van der Waals surface area contributed by atoms with E-state index in [-0.39, 0.29) is 39.6 Å². The lowest BCUT2D eigenvalue weighted by Crippen LogP contribution is -2.51. The van der Waals surface area contributed by atoms with Crippen LogP contribution in [0, 0.1) is 0 Å². The topological polar surface area (TPSA) is 97.6 Å². The summed E-state index contributed by atoms with van der Waals surface area (Å²) >= 11 is 0. The van der Waals surface area contributed by atoms with E-state index in [1.54, 1.807) is 0 Å². The molecule has 3 N–H and O–H groups in total. The smallest absolute Gasteiger partial charge is 0.394 e. The number of aliphatic hydroxyl groups excluding tert-OH is 3. The van der Waals surface area contributed by atoms with Crippen molar-refractivity contribution in [3.8, 4) is 0 Å². The highest BCUT2D eigenvalue weighted by Gasteiger charge is 2.45. The lowest BCUT2D eigenvalue weighted by molar-refractivity contribution is -0.0502. The van der Waals surface area contributed by atoms with Crippen LogP contribution in [0.4, 0.5) is 0 Å². The Morgan fingerprint density at radius 3 is 1.35 bits per heavy atom. The molecule has 0 saturated carbocycles. The van der Waals surface area contributed by atoms with Crippen molar-refractivity contribution in [2.45, 2.75) is 13.3 Å². The summed E-state index contributed by atoms with van der Waals surface area (Å²) < 4.78 is 21.3. The first-order chi connectivity index (χ1) is 8.24. The van der Waals surface area contributed by atoms with Crippen LogP contribution in [0.25, 0.3) is 0 Å². The van der Waals surface area contributed by atoms with Gasteiger partial charge in [0.25, 0.3) is 0 Å². The van der Waals surface area contributed by atoms with Gasteiger partial charge in [0.15, 0.2) is 0 Å². The molecule has 0 unspecified atom stereocenters. The van der Waals surface area contributed by atoms with Crippen molar-refractivity contribution in [3.63, 3.8) is 0 Å². The molecule has 0 aromatic rings.